The fraction of sp³-hybridized carbons (Fsp3) is 0.857. The van der Waals surface area contributed by atoms with Gasteiger partial charge in [0.15, 0.2) is 0 Å². The standard InChI is InChI=1S/C14H27O/c1-3-5-7-9-11-13-14(15)12-10-8-6-4-2/h1,3-13H2,2H3. The SMILES string of the molecule is [CH2]CCCCCCC(=O)CCCCCC. The number of carbonyl (C=O) groups excluding carboxylic acids is 1. The molecule has 0 rings (SSSR count). The molecule has 0 bridgehead atoms. The van der Waals surface area contributed by atoms with E-state index in [1.165, 1.54) is 38.5 Å². The molecule has 15 heavy (non-hydrogen) atoms. The van der Waals surface area contributed by atoms with Crippen LogP contribution in [0.2, 0.25) is 0 Å². The Hall–Kier alpha value is -0.330. The van der Waals surface area contributed by atoms with Gasteiger partial charge in [-0.2, -0.15) is 0 Å². The molecule has 0 heterocycles. The molecule has 0 aliphatic carbocycles. The molecule has 1 heteroatoms. The molecule has 0 saturated carbocycles. The number of carbonyl (C=O) groups is 1. The maximum Gasteiger partial charge on any atom is 0.132 e. The number of hydrogen-bond donors (Lipinski definition) is 0. The summed E-state index contributed by atoms with van der Waals surface area (Å²) in [5.74, 6) is 0.473. The minimum absolute atomic E-state index is 0.473. The number of rotatable bonds is 11. The van der Waals surface area contributed by atoms with Crippen molar-refractivity contribution < 1.29 is 4.79 Å². The fourth-order valence-electron chi connectivity index (χ4n) is 1.73. The largest absolute Gasteiger partial charge is 0.300 e. The molecule has 0 spiro atoms. The first-order valence-electron chi connectivity index (χ1n) is 6.62. The molecule has 0 fully saturated rings. The highest BCUT2D eigenvalue weighted by molar-refractivity contribution is 5.78. The van der Waals surface area contributed by atoms with E-state index in [0.29, 0.717) is 5.78 Å². The number of unbranched alkanes of at least 4 members (excludes halogenated alkanes) is 7. The predicted octanol–water partition coefficient (Wildman–Crippen LogP) is 4.70. The first-order valence-corrected chi connectivity index (χ1v) is 6.62. The second kappa shape index (κ2) is 11.7. The molecule has 1 nitrogen and oxygen atoms in total. The van der Waals surface area contributed by atoms with Crippen molar-refractivity contribution in [3.8, 4) is 0 Å². The molecule has 0 saturated heterocycles. The Morgan fingerprint density at radius 2 is 1.40 bits per heavy atom. The van der Waals surface area contributed by atoms with Crippen LogP contribution in [0.15, 0.2) is 0 Å². The Kier molecular flexibility index (Phi) is 11.5. The molecule has 0 aromatic rings. The van der Waals surface area contributed by atoms with Crippen LogP contribution >= 0.6 is 0 Å². The van der Waals surface area contributed by atoms with Crippen molar-refractivity contribution in [3.05, 3.63) is 6.92 Å². The Labute approximate surface area is 95.6 Å². The fourth-order valence-corrected chi connectivity index (χ4v) is 1.73. The second-order valence-electron chi connectivity index (χ2n) is 4.37. The Bertz CT molecular complexity index is 140. The van der Waals surface area contributed by atoms with Crippen molar-refractivity contribution in [2.45, 2.75) is 77.6 Å². The summed E-state index contributed by atoms with van der Waals surface area (Å²) in [7, 11) is 0. The zero-order chi connectivity index (χ0) is 11.4. The van der Waals surface area contributed by atoms with E-state index in [1.54, 1.807) is 0 Å². The molecule has 89 valence electrons. The Balaban J connectivity index is 3.11. The number of hydrogen-bond acceptors (Lipinski definition) is 1. The minimum Gasteiger partial charge on any atom is -0.300 e. The van der Waals surface area contributed by atoms with Crippen LogP contribution in [0.3, 0.4) is 0 Å². The number of ketones is 1. The van der Waals surface area contributed by atoms with Crippen molar-refractivity contribution in [1.82, 2.24) is 0 Å². The van der Waals surface area contributed by atoms with Crippen molar-refractivity contribution in [2.75, 3.05) is 0 Å². The van der Waals surface area contributed by atoms with E-state index in [0.717, 1.165) is 32.1 Å². The summed E-state index contributed by atoms with van der Waals surface area (Å²) in [5, 5.41) is 0. The average molecular weight is 211 g/mol. The van der Waals surface area contributed by atoms with Crippen molar-refractivity contribution >= 4 is 5.78 Å². The minimum atomic E-state index is 0.473. The molecule has 0 aliphatic rings. The normalized spacial score (nSPS) is 10.5. The first kappa shape index (κ1) is 14.7. The first-order chi connectivity index (χ1) is 7.31. The molecule has 0 unspecified atom stereocenters. The molecule has 0 N–H and O–H groups in total. The van der Waals surface area contributed by atoms with Gasteiger partial charge in [-0.3, -0.25) is 4.79 Å². The average Bonchev–Trinajstić information content (AvgIpc) is 2.24. The van der Waals surface area contributed by atoms with Gasteiger partial charge in [0, 0.05) is 12.8 Å². The van der Waals surface area contributed by atoms with Crippen LogP contribution in [0.4, 0.5) is 0 Å². The third-order valence-electron chi connectivity index (χ3n) is 2.76. The molecule has 0 atom stereocenters. The summed E-state index contributed by atoms with van der Waals surface area (Å²) in [6.45, 7) is 6.01. The zero-order valence-corrected chi connectivity index (χ0v) is 10.4. The van der Waals surface area contributed by atoms with Crippen LogP contribution in [0.5, 0.6) is 0 Å². The predicted molar refractivity (Wildman–Crippen MR) is 66.8 cm³/mol. The highest BCUT2D eigenvalue weighted by Gasteiger charge is 2.01. The van der Waals surface area contributed by atoms with Crippen LogP contribution in [0.1, 0.15) is 77.6 Å². The summed E-state index contributed by atoms with van der Waals surface area (Å²) in [6.07, 6.45) is 12.3. The summed E-state index contributed by atoms with van der Waals surface area (Å²) < 4.78 is 0. The molecular weight excluding hydrogens is 184 g/mol. The molecule has 1 radical (unpaired) electrons. The van der Waals surface area contributed by atoms with Gasteiger partial charge in [0.1, 0.15) is 5.78 Å². The van der Waals surface area contributed by atoms with Gasteiger partial charge in [0.05, 0.1) is 0 Å². The van der Waals surface area contributed by atoms with E-state index in [4.69, 9.17) is 0 Å². The van der Waals surface area contributed by atoms with Gasteiger partial charge in [-0.15, -0.1) is 0 Å². The summed E-state index contributed by atoms with van der Waals surface area (Å²) in [6, 6.07) is 0. The van der Waals surface area contributed by atoms with E-state index < -0.39 is 0 Å². The van der Waals surface area contributed by atoms with E-state index in [2.05, 4.69) is 13.8 Å². The third-order valence-corrected chi connectivity index (χ3v) is 2.76. The molecule has 0 aromatic heterocycles. The third kappa shape index (κ3) is 11.6. The van der Waals surface area contributed by atoms with E-state index in [9.17, 15) is 4.79 Å². The van der Waals surface area contributed by atoms with Crippen LogP contribution in [0.25, 0.3) is 0 Å². The van der Waals surface area contributed by atoms with E-state index >= 15 is 0 Å². The lowest BCUT2D eigenvalue weighted by Gasteiger charge is -2.01. The quantitative estimate of drug-likeness (QED) is 0.453. The summed E-state index contributed by atoms with van der Waals surface area (Å²) >= 11 is 0. The lowest BCUT2D eigenvalue weighted by molar-refractivity contribution is -0.119. The van der Waals surface area contributed by atoms with Gasteiger partial charge in [0.25, 0.3) is 0 Å². The van der Waals surface area contributed by atoms with Crippen LogP contribution in [0, 0.1) is 6.92 Å². The summed E-state index contributed by atoms with van der Waals surface area (Å²) in [5.41, 5.74) is 0. The van der Waals surface area contributed by atoms with Gasteiger partial charge < -0.3 is 0 Å². The van der Waals surface area contributed by atoms with Crippen molar-refractivity contribution in [3.63, 3.8) is 0 Å². The van der Waals surface area contributed by atoms with Crippen LogP contribution in [-0.2, 0) is 4.79 Å². The molecule has 0 aromatic carbocycles. The van der Waals surface area contributed by atoms with E-state index in [-0.39, 0.29) is 0 Å². The zero-order valence-electron chi connectivity index (χ0n) is 10.4. The highest BCUT2D eigenvalue weighted by Crippen LogP contribution is 2.09. The maximum absolute atomic E-state index is 11.4. The van der Waals surface area contributed by atoms with Gasteiger partial charge in [-0.05, 0) is 12.8 Å². The maximum atomic E-state index is 11.4. The van der Waals surface area contributed by atoms with Crippen molar-refractivity contribution in [2.24, 2.45) is 0 Å². The molecule has 0 aliphatic heterocycles. The molecular formula is C14H27O. The van der Waals surface area contributed by atoms with Crippen molar-refractivity contribution in [1.29, 1.82) is 0 Å². The van der Waals surface area contributed by atoms with Crippen LogP contribution < -0.4 is 0 Å². The monoisotopic (exact) mass is 211 g/mol. The topological polar surface area (TPSA) is 17.1 Å². The molecule has 0 amide bonds. The van der Waals surface area contributed by atoms with E-state index in [1.807, 2.05) is 0 Å². The summed E-state index contributed by atoms with van der Waals surface area (Å²) in [4.78, 5) is 11.4. The lowest BCUT2D eigenvalue weighted by Crippen LogP contribution is -1.97. The lowest BCUT2D eigenvalue weighted by atomic mass is 10.0. The Morgan fingerprint density at radius 3 is 1.93 bits per heavy atom. The Morgan fingerprint density at radius 1 is 0.867 bits per heavy atom. The highest BCUT2D eigenvalue weighted by atomic mass is 16.1. The second-order valence-corrected chi connectivity index (χ2v) is 4.37. The number of Topliss-reactive ketones (excluding diaryl/α,β-unsaturated/α-hetero) is 1. The smallest absolute Gasteiger partial charge is 0.132 e. The van der Waals surface area contributed by atoms with Crippen LogP contribution in [-0.4, -0.2) is 5.78 Å². The van der Waals surface area contributed by atoms with Gasteiger partial charge in [-0.25, -0.2) is 0 Å². The van der Waals surface area contributed by atoms with Gasteiger partial charge in [0.2, 0.25) is 0 Å². The van der Waals surface area contributed by atoms with Gasteiger partial charge in [-0.1, -0.05) is 58.8 Å². The van der Waals surface area contributed by atoms with Gasteiger partial charge >= 0.3 is 0 Å².